The van der Waals surface area contributed by atoms with Gasteiger partial charge in [-0.2, -0.15) is 0 Å². The smallest absolute Gasteiger partial charge is 0.211 e. The van der Waals surface area contributed by atoms with E-state index in [1.165, 1.54) is 16.0 Å². The molecular formula is C15H17N3OS. The van der Waals surface area contributed by atoms with Gasteiger partial charge in [-0.3, -0.25) is 0 Å². The van der Waals surface area contributed by atoms with Gasteiger partial charge in [0.1, 0.15) is 5.75 Å². The van der Waals surface area contributed by atoms with E-state index >= 15 is 0 Å². The molecule has 1 aliphatic carbocycles. The third-order valence-corrected chi connectivity index (χ3v) is 4.30. The van der Waals surface area contributed by atoms with Crippen molar-refractivity contribution in [3.8, 4) is 17.0 Å². The van der Waals surface area contributed by atoms with Crippen molar-refractivity contribution in [1.29, 1.82) is 0 Å². The van der Waals surface area contributed by atoms with Crippen LogP contribution in [0.15, 0.2) is 23.2 Å². The van der Waals surface area contributed by atoms with Gasteiger partial charge < -0.3 is 9.64 Å². The highest BCUT2D eigenvalue weighted by Crippen LogP contribution is 2.40. The highest BCUT2D eigenvalue weighted by atomic mass is 32.1. The summed E-state index contributed by atoms with van der Waals surface area (Å²) >= 11 is 1.68. The lowest BCUT2D eigenvalue weighted by Crippen LogP contribution is -2.06. The van der Waals surface area contributed by atoms with Crippen molar-refractivity contribution < 1.29 is 4.74 Å². The van der Waals surface area contributed by atoms with Crippen molar-refractivity contribution in [2.75, 3.05) is 21.2 Å². The number of fused-ring (bicyclic) bond motifs is 3. The van der Waals surface area contributed by atoms with Crippen LogP contribution in [-0.4, -0.2) is 37.4 Å². The number of nitrogens with zero attached hydrogens (tertiary/aromatic N) is 3. The van der Waals surface area contributed by atoms with Gasteiger partial charge in [0, 0.05) is 24.5 Å². The average molecular weight is 287 g/mol. The third-order valence-electron chi connectivity index (χ3n) is 3.27. The summed E-state index contributed by atoms with van der Waals surface area (Å²) in [5.41, 5.74) is 3.62. The van der Waals surface area contributed by atoms with E-state index in [2.05, 4.69) is 22.1 Å². The number of ether oxygens (including phenoxy) is 1. The summed E-state index contributed by atoms with van der Waals surface area (Å²) in [4.78, 5) is 12.3. The fraction of sp³-hybridized carbons (Fsp3) is 0.333. The van der Waals surface area contributed by atoms with Gasteiger partial charge in [-0.15, -0.1) is 0 Å². The number of methoxy groups -OCH3 is 1. The second-order valence-corrected chi connectivity index (χ2v) is 6.06. The normalized spacial score (nSPS) is 13.2. The van der Waals surface area contributed by atoms with E-state index < -0.39 is 0 Å². The van der Waals surface area contributed by atoms with Crippen LogP contribution in [0.5, 0.6) is 5.75 Å². The lowest BCUT2D eigenvalue weighted by Gasteiger charge is -2.15. The standard InChI is InChI=1S/C15H17N3OS/c1-18(2)9-16-15-17-14-12-6-5-11(19-3)8-10(12)4-7-13(14)20-15/h5-6,8-9H,4,7H2,1-3H3/b16-9+. The number of aryl methyl sites for hydroxylation is 2. The van der Waals surface area contributed by atoms with Crippen molar-refractivity contribution in [1.82, 2.24) is 9.88 Å². The molecule has 0 bridgehead atoms. The van der Waals surface area contributed by atoms with Gasteiger partial charge in [0.15, 0.2) is 0 Å². The minimum Gasteiger partial charge on any atom is -0.497 e. The van der Waals surface area contributed by atoms with Gasteiger partial charge in [0.25, 0.3) is 0 Å². The molecule has 0 saturated heterocycles. The topological polar surface area (TPSA) is 37.7 Å². The summed E-state index contributed by atoms with van der Waals surface area (Å²) in [6.45, 7) is 0. The number of aliphatic imine (C=N–C) groups is 1. The SMILES string of the molecule is COc1ccc2c(c1)CCc1sc(/N=C/N(C)C)nc1-2. The zero-order chi connectivity index (χ0) is 14.1. The van der Waals surface area contributed by atoms with Crippen molar-refractivity contribution in [3.63, 3.8) is 0 Å². The molecule has 5 heteroatoms. The quantitative estimate of drug-likeness (QED) is 0.643. The second-order valence-electron chi connectivity index (χ2n) is 5.00. The molecule has 0 radical (unpaired) electrons. The Morgan fingerprint density at radius 3 is 2.95 bits per heavy atom. The van der Waals surface area contributed by atoms with Crippen molar-refractivity contribution in [2.45, 2.75) is 12.8 Å². The van der Waals surface area contributed by atoms with E-state index in [0.717, 1.165) is 29.4 Å². The van der Waals surface area contributed by atoms with Crippen LogP contribution < -0.4 is 4.74 Å². The molecule has 1 aromatic heterocycles. The van der Waals surface area contributed by atoms with Crippen LogP contribution in [0, 0.1) is 0 Å². The Morgan fingerprint density at radius 1 is 1.35 bits per heavy atom. The van der Waals surface area contributed by atoms with Crippen LogP contribution in [0.4, 0.5) is 5.13 Å². The minimum atomic E-state index is 0.826. The van der Waals surface area contributed by atoms with E-state index in [1.807, 2.05) is 25.1 Å². The van der Waals surface area contributed by atoms with Crippen LogP contribution in [0.2, 0.25) is 0 Å². The Bertz CT molecular complexity index is 661. The predicted octanol–water partition coefficient (Wildman–Crippen LogP) is 3.14. The molecule has 1 aromatic carbocycles. The van der Waals surface area contributed by atoms with E-state index in [1.54, 1.807) is 24.8 Å². The highest BCUT2D eigenvalue weighted by molar-refractivity contribution is 7.15. The van der Waals surface area contributed by atoms with E-state index in [4.69, 9.17) is 4.74 Å². The van der Waals surface area contributed by atoms with Crippen LogP contribution in [0.25, 0.3) is 11.3 Å². The van der Waals surface area contributed by atoms with Crippen LogP contribution >= 0.6 is 11.3 Å². The highest BCUT2D eigenvalue weighted by Gasteiger charge is 2.21. The third kappa shape index (κ3) is 2.41. The first kappa shape index (κ1) is 13.1. The zero-order valence-electron chi connectivity index (χ0n) is 11.9. The first-order valence-corrected chi connectivity index (χ1v) is 7.36. The number of rotatable bonds is 3. The number of hydrogen-bond acceptors (Lipinski definition) is 4. The number of benzene rings is 1. The van der Waals surface area contributed by atoms with Crippen molar-refractivity contribution in [2.24, 2.45) is 4.99 Å². The summed E-state index contributed by atoms with van der Waals surface area (Å²) < 4.78 is 5.29. The average Bonchev–Trinajstić information content (AvgIpc) is 2.87. The molecule has 1 heterocycles. The number of hydrogen-bond donors (Lipinski definition) is 0. The monoisotopic (exact) mass is 287 g/mol. The molecule has 4 nitrogen and oxygen atoms in total. The summed E-state index contributed by atoms with van der Waals surface area (Å²) in [5, 5.41) is 0.826. The molecule has 0 spiro atoms. The second kappa shape index (κ2) is 5.25. The van der Waals surface area contributed by atoms with Gasteiger partial charge in [-0.05, 0) is 36.6 Å². The molecule has 1 aliphatic rings. The molecule has 0 fully saturated rings. The lowest BCUT2D eigenvalue weighted by atomic mass is 9.93. The molecule has 0 amide bonds. The summed E-state index contributed by atoms with van der Waals surface area (Å²) in [7, 11) is 5.62. The maximum absolute atomic E-state index is 5.29. The van der Waals surface area contributed by atoms with Gasteiger partial charge in [0.05, 0.1) is 19.1 Å². The molecule has 104 valence electrons. The Balaban J connectivity index is 1.99. The van der Waals surface area contributed by atoms with Crippen LogP contribution in [0.1, 0.15) is 10.4 Å². The summed E-state index contributed by atoms with van der Waals surface area (Å²) in [6, 6.07) is 6.21. The zero-order valence-corrected chi connectivity index (χ0v) is 12.7. The van der Waals surface area contributed by atoms with E-state index in [-0.39, 0.29) is 0 Å². The van der Waals surface area contributed by atoms with E-state index in [0.29, 0.717) is 0 Å². The van der Waals surface area contributed by atoms with Gasteiger partial charge in [0.2, 0.25) is 5.13 Å². The van der Waals surface area contributed by atoms with E-state index in [9.17, 15) is 0 Å². The largest absolute Gasteiger partial charge is 0.497 e. The fourth-order valence-corrected chi connectivity index (χ4v) is 3.24. The molecule has 0 N–H and O–H groups in total. The number of aromatic nitrogens is 1. The van der Waals surface area contributed by atoms with Crippen LogP contribution in [0.3, 0.4) is 0 Å². The summed E-state index contributed by atoms with van der Waals surface area (Å²) in [6.07, 6.45) is 3.86. The van der Waals surface area contributed by atoms with Crippen LogP contribution in [-0.2, 0) is 12.8 Å². The Morgan fingerprint density at radius 2 is 2.20 bits per heavy atom. The molecule has 2 aromatic rings. The Hall–Kier alpha value is -1.88. The summed E-state index contributed by atoms with van der Waals surface area (Å²) in [5.74, 6) is 0.910. The maximum Gasteiger partial charge on any atom is 0.211 e. The molecule has 0 unspecified atom stereocenters. The van der Waals surface area contributed by atoms with Gasteiger partial charge >= 0.3 is 0 Å². The molecular weight excluding hydrogens is 270 g/mol. The van der Waals surface area contributed by atoms with Crippen molar-refractivity contribution in [3.05, 3.63) is 28.6 Å². The molecule has 0 aliphatic heterocycles. The van der Waals surface area contributed by atoms with Crippen molar-refractivity contribution >= 4 is 22.8 Å². The molecule has 20 heavy (non-hydrogen) atoms. The fourth-order valence-electron chi connectivity index (χ4n) is 2.32. The molecule has 0 saturated carbocycles. The van der Waals surface area contributed by atoms with Gasteiger partial charge in [-0.1, -0.05) is 11.3 Å². The number of thiazole rings is 1. The first-order valence-electron chi connectivity index (χ1n) is 6.55. The molecule has 3 rings (SSSR count). The molecule has 0 atom stereocenters. The predicted molar refractivity (Wildman–Crippen MR) is 83.3 cm³/mol. The minimum absolute atomic E-state index is 0.826. The lowest BCUT2D eigenvalue weighted by molar-refractivity contribution is 0.414. The Labute approximate surface area is 122 Å². The van der Waals surface area contributed by atoms with Gasteiger partial charge in [-0.25, -0.2) is 9.98 Å². The maximum atomic E-state index is 5.29. The first-order chi connectivity index (χ1) is 9.67. The Kier molecular flexibility index (Phi) is 3.44.